The van der Waals surface area contributed by atoms with E-state index in [0.717, 1.165) is 46.0 Å². The fourth-order valence-corrected chi connectivity index (χ4v) is 10.3. The lowest BCUT2D eigenvalue weighted by Crippen LogP contribution is -2.49. The number of hydrogen-bond acceptors (Lipinski definition) is 7. The van der Waals surface area contributed by atoms with E-state index in [0.29, 0.717) is 29.6 Å². The van der Waals surface area contributed by atoms with Crippen molar-refractivity contribution in [3.8, 4) is 0 Å². The van der Waals surface area contributed by atoms with Crippen LogP contribution in [0.2, 0.25) is 0 Å². The molecule has 7 nitrogen and oxygen atoms in total. The van der Waals surface area contributed by atoms with E-state index in [9.17, 15) is 13.2 Å². The Bertz CT molecular complexity index is 1160. The molecule has 9 heteroatoms. The van der Waals surface area contributed by atoms with E-state index in [1.807, 2.05) is 6.92 Å². The molecule has 1 amide bonds. The lowest BCUT2D eigenvalue weighted by atomic mass is 9.52. The summed E-state index contributed by atoms with van der Waals surface area (Å²) in [6.45, 7) is 3.31. The number of thiophene rings is 1. The zero-order valence-corrected chi connectivity index (χ0v) is 20.7. The van der Waals surface area contributed by atoms with Crippen LogP contribution in [0.4, 0.5) is 5.82 Å². The van der Waals surface area contributed by atoms with Gasteiger partial charge in [-0.3, -0.25) is 4.79 Å². The number of amides is 1. The minimum atomic E-state index is -2.90. The number of sulfone groups is 1. The van der Waals surface area contributed by atoms with Crippen molar-refractivity contribution < 1.29 is 13.2 Å². The van der Waals surface area contributed by atoms with Crippen LogP contribution in [0.15, 0.2) is 6.33 Å². The Balaban J connectivity index is 1.15. The maximum absolute atomic E-state index is 13.2. The van der Waals surface area contributed by atoms with E-state index >= 15 is 0 Å². The SMILES string of the molecule is Cc1c(C(=O)NCC2C3CC4CC(C3)CC2C4)sc2ncnc(NCC3CCS(=O)(=O)C3)c12. The first-order valence-corrected chi connectivity index (χ1v) is 15.0. The van der Waals surface area contributed by atoms with Gasteiger partial charge in [0.15, 0.2) is 9.84 Å². The lowest BCUT2D eigenvalue weighted by molar-refractivity contribution is -0.0347. The van der Waals surface area contributed by atoms with E-state index in [1.165, 1.54) is 49.8 Å². The smallest absolute Gasteiger partial charge is 0.261 e. The molecule has 178 valence electrons. The van der Waals surface area contributed by atoms with E-state index in [2.05, 4.69) is 20.6 Å². The van der Waals surface area contributed by atoms with Gasteiger partial charge in [0.2, 0.25) is 0 Å². The van der Waals surface area contributed by atoms with Gasteiger partial charge in [0.1, 0.15) is 17.0 Å². The van der Waals surface area contributed by atoms with Crippen LogP contribution in [0, 0.1) is 42.4 Å². The van der Waals surface area contributed by atoms with Crippen LogP contribution in [0.5, 0.6) is 0 Å². The number of hydrogen-bond donors (Lipinski definition) is 2. The number of rotatable bonds is 6. The van der Waals surface area contributed by atoms with Crippen LogP contribution in [0.3, 0.4) is 0 Å². The number of anilines is 1. The number of carbonyl (C=O) groups is 1. The quantitative estimate of drug-likeness (QED) is 0.644. The topological polar surface area (TPSA) is 101 Å². The molecule has 1 aliphatic heterocycles. The summed E-state index contributed by atoms with van der Waals surface area (Å²) in [4.78, 5) is 23.5. The molecule has 0 spiro atoms. The van der Waals surface area contributed by atoms with Crippen molar-refractivity contribution in [1.29, 1.82) is 0 Å². The molecule has 2 N–H and O–H groups in total. The number of carbonyl (C=O) groups excluding carboxylic acids is 1. The number of nitrogens with one attached hydrogen (secondary N) is 2. The average molecular weight is 489 g/mol. The summed E-state index contributed by atoms with van der Waals surface area (Å²) in [7, 11) is -2.90. The highest BCUT2D eigenvalue weighted by molar-refractivity contribution is 7.91. The molecule has 4 saturated carbocycles. The maximum atomic E-state index is 13.2. The largest absolute Gasteiger partial charge is 0.369 e. The van der Waals surface area contributed by atoms with Crippen LogP contribution in [-0.2, 0) is 9.84 Å². The summed E-state index contributed by atoms with van der Waals surface area (Å²) in [5.41, 5.74) is 0.903. The van der Waals surface area contributed by atoms with Gasteiger partial charge in [-0.1, -0.05) is 0 Å². The van der Waals surface area contributed by atoms with E-state index in [4.69, 9.17) is 0 Å². The molecule has 7 rings (SSSR count). The van der Waals surface area contributed by atoms with Gasteiger partial charge < -0.3 is 10.6 Å². The highest BCUT2D eigenvalue weighted by Gasteiger charge is 2.48. The van der Waals surface area contributed by atoms with Crippen molar-refractivity contribution in [3.05, 3.63) is 16.8 Å². The van der Waals surface area contributed by atoms with E-state index in [1.54, 1.807) is 0 Å². The van der Waals surface area contributed by atoms with Crippen LogP contribution >= 0.6 is 11.3 Å². The molecule has 0 aromatic carbocycles. The third kappa shape index (κ3) is 4.05. The number of fused-ring (bicyclic) bond motifs is 1. The second-order valence-electron chi connectivity index (χ2n) is 10.9. The predicted octanol–water partition coefficient (Wildman–Crippen LogP) is 3.65. The van der Waals surface area contributed by atoms with Gasteiger partial charge >= 0.3 is 0 Å². The van der Waals surface area contributed by atoms with Crippen LogP contribution in [0.1, 0.15) is 53.8 Å². The monoisotopic (exact) mass is 488 g/mol. The first kappa shape index (κ1) is 21.8. The zero-order valence-electron chi connectivity index (χ0n) is 19.0. The fourth-order valence-electron chi connectivity index (χ4n) is 7.36. The minimum Gasteiger partial charge on any atom is -0.369 e. The molecule has 4 aliphatic carbocycles. The van der Waals surface area contributed by atoms with Gasteiger partial charge in [0, 0.05) is 13.1 Å². The molecule has 3 heterocycles. The summed E-state index contributed by atoms with van der Waals surface area (Å²) in [6, 6.07) is 0. The third-order valence-corrected chi connectivity index (χ3v) is 11.8. The molecule has 2 aromatic rings. The Morgan fingerprint density at radius 3 is 2.48 bits per heavy atom. The fraction of sp³-hybridized carbons (Fsp3) is 0.708. The van der Waals surface area contributed by atoms with Crippen molar-refractivity contribution >= 4 is 43.1 Å². The molecule has 5 aliphatic rings. The van der Waals surface area contributed by atoms with Crippen LogP contribution < -0.4 is 10.6 Å². The Hall–Kier alpha value is -1.74. The number of nitrogens with zero attached hydrogens (tertiary/aromatic N) is 2. The normalized spacial score (nSPS) is 34.1. The summed E-state index contributed by atoms with van der Waals surface area (Å²) in [6.07, 6.45) is 9.10. The molecule has 1 unspecified atom stereocenters. The summed E-state index contributed by atoms with van der Waals surface area (Å²) in [5.74, 6) is 5.40. The van der Waals surface area contributed by atoms with Crippen molar-refractivity contribution in [1.82, 2.24) is 15.3 Å². The maximum Gasteiger partial charge on any atom is 0.261 e. The molecule has 2 aromatic heterocycles. The first-order chi connectivity index (χ1) is 15.9. The highest BCUT2D eigenvalue weighted by Crippen LogP contribution is 2.56. The molecule has 0 radical (unpaired) electrons. The highest BCUT2D eigenvalue weighted by atomic mass is 32.2. The Labute approximate surface area is 199 Å². The van der Waals surface area contributed by atoms with Gasteiger partial charge in [-0.05, 0) is 86.5 Å². The second kappa shape index (κ2) is 8.18. The number of aryl methyl sites for hydroxylation is 1. The van der Waals surface area contributed by atoms with Gasteiger partial charge in [0.25, 0.3) is 5.91 Å². The molecule has 1 atom stereocenters. The Kier molecular flexibility index (Phi) is 5.40. The lowest BCUT2D eigenvalue weighted by Gasteiger charge is -2.54. The van der Waals surface area contributed by atoms with Crippen molar-refractivity contribution in [3.63, 3.8) is 0 Å². The van der Waals surface area contributed by atoms with Crippen molar-refractivity contribution in [2.75, 3.05) is 29.9 Å². The first-order valence-electron chi connectivity index (χ1n) is 12.3. The predicted molar refractivity (Wildman–Crippen MR) is 130 cm³/mol. The molecular formula is C24H32N4O3S2. The minimum absolute atomic E-state index is 0.00265. The van der Waals surface area contributed by atoms with Gasteiger partial charge in [-0.25, -0.2) is 18.4 Å². The van der Waals surface area contributed by atoms with Crippen LogP contribution in [0.25, 0.3) is 10.2 Å². The van der Waals surface area contributed by atoms with Crippen molar-refractivity contribution in [2.24, 2.45) is 35.5 Å². The van der Waals surface area contributed by atoms with E-state index < -0.39 is 9.84 Å². The second-order valence-corrected chi connectivity index (χ2v) is 14.1. The molecule has 33 heavy (non-hydrogen) atoms. The van der Waals surface area contributed by atoms with Gasteiger partial charge in [0.05, 0.1) is 21.8 Å². The summed E-state index contributed by atoms with van der Waals surface area (Å²) in [5, 5.41) is 7.49. The van der Waals surface area contributed by atoms with Gasteiger partial charge in [-0.15, -0.1) is 11.3 Å². The standard InChI is InChI=1S/C24H32N4O3S2/c1-13-20-22(25-9-14-2-3-33(30,31)11-14)27-12-28-24(20)32-21(13)23(29)26-10-19-17-5-15-4-16(7-17)8-18(19)6-15/h12,14-19H,2-11H2,1H3,(H,26,29)(H,25,27,28). The van der Waals surface area contributed by atoms with Crippen molar-refractivity contribution in [2.45, 2.75) is 45.4 Å². The Morgan fingerprint density at radius 1 is 1.09 bits per heavy atom. The molecule has 1 saturated heterocycles. The average Bonchev–Trinajstić information content (AvgIpc) is 3.30. The number of aromatic nitrogens is 2. The van der Waals surface area contributed by atoms with E-state index in [-0.39, 0.29) is 23.3 Å². The molecular weight excluding hydrogens is 456 g/mol. The molecule has 4 bridgehead atoms. The summed E-state index contributed by atoms with van der Waals surface area (Å²) >= 11 is 1.42. The van der Waals surface area contributed by atoms with Gasteiger partial charge in [-0.2, -0.15) is 0 Å². The summed E-state index contributed by atoms with van der Waals surface area (Å²) < 4.78 is 23.5. The molecule has 5 fully saturated rings. The van der Waals surface area contributed by atoms with Crippen LogP contribution in [-0.4, -0.2) is 48.9 Å². The Morgan fingerprint density at radius 2 is 1.82 bits per heavy atom. The third-order valence-electron chi connectivity index (χ3n) is 8.74. The zero-order chi connectivity index (χ0) is 22.7.